The van der Waals surface area contributed by atoms with Crippen molar-refractivity contribution in [1.82, 2.24) is 14.7 Å². The van der Waals surface area contributed by atoms with Crippen molar-refractivity contribution in [3.63, 3.8) is 0 Å². The summed E-state index contributed by atoms with van der Waals surface area (Å²) in [5.41, 5.74) is 1.39. The molecule has 0 saturated carbocycles. The number of amides is 1. The third-order valence-electron chi connectivity index (χ3n) is 5.56. The smallest absolute Gasteiger partial charge is 0.268 e. The second-order valence-corrected chi connectivity index (χ2v) is 11.4. The van der Waals surface area contributed by atoms with Gasteiger partial charge in [-0.15, -0.1) is 0 Å². The molecule has 0 saturated heterocycles. The zero-order valence-electron chi connectivity index (χ0n) is 20.3. The van der Waals surface area contributed by atoms with Crippen LogP contribution in [-0.2, 0) is 23.1 Å². The third-order valence-corrected chi connectivity index (χ3v) is 7.69. The number of nitrogens with one attached hydrogen (secondary N) is 1. The van der Waals surface area contributed by atoms with Gasteiger partial charge in [-0.05, 0) is 60.5 Å². The number of anilines is 1. The zero-order valence-corrected chi connectivity index (χ0v) is 23.5. The molecular formula is C27H24BrClN4O4S. The normalized spacial score (nSPS) is 11.1. The molecule has 0 aliphatic heterocycles. The molecule has 0 spiro atoms. The Hall–Kier alpha value is -3.47. The van der Waals surface area contributed by atoms with Gasteiger partial charge in [-0.2, -0.15) is 0 Å². The number of likely N-dealkylation sites (N-methyl/N-ethyl adjacent to an activating group) is 1. The molecule has 3 aromatic carbocycles. The van der Waals surface area contributed by atoms with E-state index in [9.17, 15) is 13.2 Å². The molecule has 1 heterocycles. The first-order valence-corrected chi connectivity index (χ1v) is 14.2. The summed E-state index contributed by atoms with van der Waals surface area (Å²) in [6.45, 7) is 0.537. The lowest BCUT2D eigenvalue weighted by Gasteiger charge is -2.19. The molecule has 1 N–H and O–H groups in total. The van der Waals surface area contributed by atoms with Crippen molar-refractivity contribution in [3.05, 3.63) is 111 Å². The first kappa shape index (κ1) is 27.6. The monoisotopic (exact) mass is 614 g/mol. The Balaban J connectivity index is 1.57. The van der Waals surface area contributed by atoms with Crippen LogP contribution in [0.3, 0.4) is 0 Å². The van der Waals surface area contributed by atoms with Gasteiger partial charge in [0.2, 0.25) is 5.95 Å². The van der Waals surface area contributed by atoms with Gasteiger partial charge in [0.25, 0.3) is 15.9 Å². The maximum atomic E-state index is 13.1. The minimum atomic E-state index is -4.12. The topological polar surface area (TPSA) is 101 Å². The lowest BCUT2D eigenvalue weighted by Crippen LogP contribution is -2.32. The molecule has 0 bridgehead atoms. The maximum absolute atomic E-state index is 13.1. The molecule has 1 aromatic heterocycles. The predicted octanol–water partition coefficient (Wildman–Crippen LogP) is 5.27. The molecule has 1 amide bonds. The summed E-state index contributed by atoms with van der Waals surface area (Å²) in [5.74, 6) is 0.0323. The first-order valence-electron chi connectivity index (χ1n) is 11.5. The van der Waals surface area contributed by atoms with E-state index in [2.05, 4.69) is 30.6 Å². The number of ether oxygens (including phenoxy) is 1. The maximum Gasteiger partial charge on any atom is 0.268 e. The molecule has 8 nitrogen and oxygen atoms in total. The van der Waals surface area contributed by atoms with E-state index in [4.69, 9.17) is 16.3 Å². The highest BCUT2D eigenvalue weighted by Crippen LogP contribution is 2.20. The van der Waals surface area contributed by atoms with Crippen LogP contribution in [0, 0.1) is 0 Å². The molecule has 0 aliphatic carbocycles. The van der Waals surface area contributed by atoms with Crippen molar-refractivity contribution in [2.24, 2.45) is 0 Å². The highest BCUT2D eigenvalue weighted by molar-refractivity contribution is 9.10. The third kappa shape index (κ3) is 7.31. The van der Waals surface area contributed by atoms with Gasteiger partial charge < -0.3 is 9.64 Å². The SMILES string of the molecule is CN(CCc1ccccc1)c1ncc(C(=O)NS(=O)(=O)c2ccc(Br)cc2)c(COc2ccc(Cl)cc2)n1. The minimum Gasteiger partial charge on any atom is -0.487 e. The molecular weight excluding hydrogens is 592 g/mol. The molecule has 4 rings (SSSR count). The van der Waals surface area contributed by atoms with Gasteiger partial charge in [0.15, 0.2) is 0 Å². The lowest BCUT2D eigenvalue weighted by atomic mass is 10.1. The molecule has 38 heavy (non-hydrogen) atoms. The second kappa shape index (κ2) is 12.4. The van der Waals surface area contributed by atoms with E-state index in [1.165, 1.54) is 23.9 Å². The van der Waals surface area contributed by atoms with Gasteiger partial charge in [0.05, 0.1) is 16.2 Å². The number of rotatable bonds is 10. The number of hydrogen-bond donors (Lipinski definition) is 1. The summed E-state index contributed by atoms with van der Waals surface area (Å²) in [6.07, 6.45) is 2.08. The summed E-state index contributed by atoms with van der Waals surface area (Å²) in [4.78, 5) is 23.8. The lowest BCUT2D eigenvalue weighted by molar-refractivity contribution is 0.0978. The van der Waals surface area contributed by atoms with E-state index in [0.717, 1.165) is 6.42 Å². The molecule has 196 valence electrons. The van der Waals surface area contributed by atoms with Gasteiger partial charge in [0.1, 0.15) is 12.4 Å². The van der Waals surface area contributed by atoms with Crippen molar-refractivity contribution in [1.29, 1.82) is 0 Å². The fourth-order valence-electron chi connectivity index (χ4n) is 3.46. The number of halogens is 2. The van der Waals surface area contributed by atoms with Gasteiger partial charge in [-0.1, -0.05) is 57.9 Å². The van der Waals surface area contributed by atoms with E-state index in [0.29, 0.717) is 27.7 Å². The van der Waals surface area contributed by atoms with Crippen molar-refractivity contribution in [2.75, 3.05) is 18.5 Å². The summed E-state index contributed by atoms with van der Waals surface area (Å²) < 4.78 is 34.3. The van der Waals surface area contributed by atoms with Crippen LogP contribution >= 0.6 is 27.5 Å². The van der Waals surface area contributed by atoms with E-state index < -0.39 is 15.9 Å². The van der Waals surface area contributed by atoms with Crippen LogP contribution in [0.15, 0.2) is 94.4 Å². The number of aromatic nitrogens is 2. The first-order chi connectivity index (χ1) is 18.2. The number of benzene rings is 3. The largest absolute Gasteiger partial charge is 0.487 e. The Kier molecular flexibility index (Phi) is 8.98. The number of carbonyl (C=O) groups excluding carboxylic acids is 1. The number of sulfonamides is 1. The molecule has 0 unspecified atom stereocenters. The Morgan fingerprint density at radius 1 is 1.03 bits per heavy atom. The second-order valence-electron chi connectivity index (χ2n) is 8.32. The van der Waals surface area contributed by atoms with E-state index in [1.807, 2.05) is 42.3 Å². The predicted molar refractivity (Wildman–Crippen MR) is 150 cm³/mol. The fraction of sp³-hybridized carbons (Fsp3) is 0.148. The highest BCUT2D eigenvalue weighted by Gasteiger charge is 2.23. The van der Waals surface area contributed by atoms with Crippen LogP contribution in [0.2, 0.25) is 5.02 Å². The Labute approximate surface area is 234 Å². The Bertz CT molecular complexity index is 1500. The Morgan fingerprint density at radius 3 is 2.39 bits per heavy atom. The van der Waals surface area contributed by atoms with Crippen molar-refractivity contribution in [3.8, 4) is 5.75 Å². The quantitative estimate of drug-likeness (QED) is 0.259. The van der Waals surface area contributed by atoms with Gasteiger partial charge in [0, 0.05) is 29.3 Å². The van der Waals surface area contributed by atoms with Crippen molar-refractivity contribution in [2.45, 2.75) is 17.9 Å². The Morgan fingerprint density at radius 2 is 1.71 bits per heavy atom. The molecule has 4 aromatic rings. The standard InChI is InChI=1S/C27H24BrClN4O4S/c1-33(16-15-19-5-3-2-4-6-19)27-30-17-24(25(31-27)18-37-22-11-9-21(29)10-12-22)26(34)32-38(35,36)23-13-7-20(28)8-14-23/h2-14,17H,15-16,18H2,1H3,(H,32,34). The summed E-state index contributed by atoms with van der Waals surface area (Å²) in [7, 11) is -2.27. The van der Waals surface area contributed by atoms with Gasteiger partial charge >= 0.3 is 0 Å². The number of hydrogen-bond acceptors (Lipinski definition) is 7. The summed E-state index contributed by atoms with van der Waals surface area (Å²) in [5, 5.41) is 0.555. The van der Waals surface area contributed by atoms with Crippen molar-refractivity contribution >= 4 is 49.4 Å². The van der Waals surface area contributed by atoms with E-state index >= 15 is 0 Å². The van der Waals surface area contributed by atoms with Gasteiger partial charge in [-0.25, -0.2) is 23.1 Å². The van der Waals surface area contributed by atoms with Crippen LogP contribution < -0.4 is 14.4 Å². The van der Waals surface area contributed by atoms with E-state index in [1.54, 1.807) is 36.4 Å². The minimum absolute atomic E-state index is 0.0140. The summed E-state index contributed by atoms with van der Waals surface area (Å²) >= 11 is 9.22. The molecule has 11 heteroatoms. The molecule has 0 aliphatic rings. The van der Waals surface area contributed by atoms with Gasteiger partial charge in [-0.3, -0.25) is 4.79 Å². The number of carbonyl (C=O) groups is 1. The average molecular weight is 616 g/mol. The van der Waals surface area contributed by atoms with Crippen LogP contribution in [-0.4, -0.2) is 37.9 Å². The van der Waals surface area contributed by atoms with Crippen molar-refractivity contribution < 1.29 is 17.9 Å². The molecule has 0 atom stereocenters. The fourth-order valence-corrected chi connectivity index (χ4v) is 4.82. The summed E-state index contributed by atoms with van der Waals surface area (Å²) in [6, 6.07) is 22.7. The van der Waals surface area contributed by atoms with E-state index in [-0.39, 0.29) is 22.8 Å². The highest BCUT2D eigenvalue weighted by atomic mass is 79.9. The average Bonchev–Trinajstić information content (AvgIpc) is 2.92. The van der Waals surface area contributed by atoms with Crippen LogP contribution in [0.5, 0.6) is 5.75 Å². The van der Waals surface area contributed by atoms with Crippen LogP contribution in [0.1, 0.15) is 21.6 Å². The van der Waals surface area contributed by atoms with Crippen LogP contribution in [0.4, 0.5) is 5.95 Å². The molecule has 0 fully saturated rings. The van der Waals surface area contributed by atoms with Crippen LogP contribution in [0.25, 0.3) is 0 Å². The zero-order chi connectivity index (χ0) is 27.1. The molecule has 0 radical (unpaired) electrons. The number of nitrogens with zero attached hydrogens (tertiary/aromatic N) is 3.